The number of nitrogens with zero attached hydrogens (tertiary/aromatic N) is 2. The lowest BCUT2D eigenvalue weighted by Gasteiger charge is -2.28. The van der Waals surface area contributed by atoms with Crippen molar-refractivity contribution in [1.82, 2.24) is 0 Å². The molecule has 4 N–H and O–H groups in total. The number of carbonyl (C=O) groups excluding carboxylic acids is 1. The molecule has 0 bridgehead atoms. The number of carbonyl (C=O) groups is 1. The van der Waals surface area contributed by atoms with E-state index in [2.05, 4.69) is 19.1 Å². The summed E-state index contributed by atoms with van der Waals surface area (Å²) in [6, 6.07) is 23.0. The number of rotatable bonds is 11. The van der Waals surface area contributed by atoms with E-state index in [1.165, 1.54) is 32.1 Å². The van der Waals surface area contributed by atoms with Crippen LogP contribution in [0, 0.1) is 12.8 Å². The molecule has 38 heavy (non-hydrogen) atoms. The molecule has 0 spiro atoms. The predicted molar refractivity (Wildman–Crippen MR) is 153 cm³/mol. The minimum absolute atomic E-state index is 0.279. The van der Waals surface area contributed by atoms with Crippen LogP contribution in [0.1, 0.15) is 53.6 Å². The summed E-state index contributed by atoms with van der Waals surface area (Å²) in [5.41, 5.74) is 15.6. The number of amides is 1. The zero-order chi connectivity index (χ0) is 26.7. The fourth-order valence-electron chi connectivity index (χ4n) is 4.76. The van der Waals surface area contributed by atoms with Crippen LogP contribution in [0.4, 0.5) is 5.69 Å². The first-order valence-electron chi connectivity index (χ1n) is 13.4. The van der Waals surface area contributed by atoms with E-state index in [1.807, 2.05) is 53.4 Å². The Bertz CT molecular complexity index is 1220. The van der Waals surface area contributed by atoms with Gasteiger partial charge in [0.15, 0.2) is 5.96 Å². The Morgan fingerprint density at radius 2 is 1.63 bits per heavy atom. The molecule has 1 amide bonds. The largest absolute Gasteiger partial charge is 0.490 e. The highest BCUT2D eigenvalue weighted by Crippen LogP contribution is 2.32. The van der Waals surface area contributed by atoms with Crippen LogP contribution in [0.2, 0.25) is 0 Å². The third-order valence-electron chi connectivity index (χ3n) is 6.99. The van der Waals surface area contributed by atoms with Crippen molar-refractivity contribution < 1.29 is 14.3 Å². The van der Waals surface area contributed by atoms with E-state index < -0.39 is 5.91 Å². The maximum absolute atomic E-state index is 12.0. The first kappa shape index (κ1) is 27.0. The molecule has 0 heterocycles. The number of anilines is 1. The van der Waals surface area contributed by atoms with Gasteiger partial charge in [0, 0.05) is 12.1 Å². The molecular formula is C31H38N4O3. The summed E-state index contributed by atoms with van der Waals surface area (Å²) in [6.45, 7) is 3.92. The lowest BCUT2D eigenvalue weighted by molar-refractivity contribution is 0.1000. The number of hydrogen-bond donors (Lipinski definition) is 2. The molecule has 7 nitrogen and oxygen atoms in total. The smallest absolute Gasteiger partial charge is 0.248 e. The molecule has 3 aromatic rings. The van der Waals surface area contributed by atoms with E-state index in [-0.39, 0.29) is 6.61 Å². The molecule has 1 aliphatic rings. The maximum atomic E-state index is 12.0. The van der Waals surface area contributed by atoms with Gasteiger partial charge < -0.3 is 25.8 Å². The van der Waals surface area contributed by atoms with Gasteiger partial charge in [-0.05, 0) is 67.1 Å². The van der Waals surface area contributed by atoms with Gasteiger partial charge in [0.2, 0.25) is 5.91 Å². The average molecular weight is 515 g/mol. The highest BCUT2D eigenvalue weighted by atomic mass is 16.5. The van der Waals surface area contributed by atoms with Gasteiger partial charge in [-0.3, -0.25) is 9.79 Å². The molecular weight excluding hydrogens is 476 g/mol. The number of benzene rings is 3. The van der Waals surface area contributed by atoms with Crippen molar-refractivity contribution in [3.63, 3.8) is 0 Å². The summed E-state index contributed by atoms with van der Waals surface area (Å²) in [4.78, 5) is 18.8. The first-order valence-corrected chi connectivity index (χ1v) is 13.4. The highest BCUT2D eigenvalue weighted by Gasteiger charge is 2.20. The average Bonchev–Trinajstić information content (AvgIpc) is 2.95. The number of aryl methyl sites for hydroxylation is 1. The molecule has 0 saturated heterocycles. The monoisotopic (exact) mass is 514 g/mol. The third-order valence-corrected chi connectivity index (χ3v) is 6.99. The summed E-state index contributed by atoms with van der Waals surface area (Å²) in [5.74, 6) is 1.73. The number of guanidine groups is 1. The maximum Gasteiger partial charge on any atom is 0.248 e. The zero-order valence-corrected chi connectivity index (χ0v) is 22.1. The summed E-state index contributed by atoms with van der Waals surface area (Å²) in [7, 11) is 0. The van der Waals surface area contributed by atoms with E-state index in [4.69, 9.17) is 25.9 Å². The molecule has 0 atom stereocenters. The van der Waals surface area contributed by atoms with Crippen LogP contribution in [0.15, 0.2) is 77.8 Å². The molecule has 1 fully saturated rings. The highest BCUT2D eigenvalue weighted by molar-refractivity contribution is 5.98. The molecule has 7 heteroatoms. The summed E-state index contributed by atoms with van der Waals surface area (Å²) in [6.07, 6.45) is 6.20. The van der Waals surface area contributed by atoms with E-state index in [0.29, 0.717) is 42.9 Å². The predicted octanol–water partition coefficient (Wildman–Crippen LogP) is 5.45. The SMILES string of the molecule is Cc1ccccc1CN(C(N)=NCC1CCCCC1)c1ccc(C(N)=O)cc1OCCOc1ccccc1. The van der Waals surface area contributed by atoms with Crippen LogP contribution in [0.3, 0.4) is 0 Å². The normalized spacial score (nSPS) is 14.2. The second-order valence-corrected chi connectivity index (χ2v) is 9.77. The minimum Gasteiger partial charge on any atom is -0.490 e. The van der Waals surface area contributed by atoms with Gasteiger partial charge in [0.25, 0.3) is 0 Å². The molecule has 0 radical (unpaired) electrons. The van der Waals surface area contributed by atoms with E-state index in [0.717, 1.165) is 22.6 Å². The van der Waals surface area contributed by atoms with Crippen LogP contribution in [-0.4, -0.2) is 31.6 Å². The van der Waals surface area contributed by atoms with Crippen molar-refractivity contribution in [3.05, 3.63) is 89.5 Å². The van der Waals surface area contributed by atoms with Crippen LogP contribution in [0.25, 0.3) is 0 Å². The topological polar surface area (TPSA) is 103 Å². The van der Waals surface area contributed by atoms with E-state index in [9.17, 15) is 4.79 Å². The van der Waals surface area contributed by atoms with Gasteiger partial charge in [-0.15, -0.1) is 0 Å². The standard InChI is InChI=1S/C31H38N4O3/c1-23-10-8-9-13-26(23)22-35(31(33)34-21-24-11-4-2-5-12-24)28-17-16-25(30(32)36)20-29(28)38-19-18-37-27-14-6-3-7-15-27/h3,6-10,13-17,20,24H,2,4-5,11-12,18-19,21-22H2,1H3,(H2,32,36)(H2,33,34). The Hall–Kier alpha value is -4.00. The molecule has 0 aliphatic heterocycles. The van der Waals surface area contributed by atoms with Crippen LogP contribution >= 0.6 is 0 Å². The Morgan fingerprint density at radius 1 is 0.921 bits per heavy atom. The van der Waals surface area contributed by atoms with E-state index in [1.54, 1.807) is 12.1 Å². The van der Waals surface area contributed by atoms with Crippen molar-refractivity contribution in [2.24, 2.45) is 22.4 Å². The van der Waals surface area contributed by atoms with Crippen molar-refractivity contribution >= 4 is 17.6 Å². The van der Waals surface area contributed by atoms with Crippen molar-refractivity contribution in [1.29, 1.82) is 0 Å². The lowest BCUT2D eigenvalue weighted by Crippen LogP contribution is -2.38. The van der Waals surface area contributed by atoms with Crippen LogP contribution in [0.5, 0.6) is 11.5 Å². The van der Waals surface area contributed by atoms with Gasteiger partial charge in [0.1, 0.15) is 24.7 Å². The van der Waals surface area contributed by atoms with Gasteiger partial charge in [-0.25, -0.2) is 0 Å². The Morgan fingerprint density at radius 3 is 2.37 bits per heavy atom. The van der Waals surface area contributed by atoms with Crippen LogP contribution < -0.4 is 25.8 Å². The number of ether oxygens (including phenoxy) is 2. The molecule has 1 saturated carbocycles. The summed E-state index contributed by atoms with van der Waals surface area (Å²) in [5, 5.41) is 0. The lowest BCUT2D eigenvalue weighted by atomic mass is 9.89. The fraction of sp³-hybridized carbons (Fsp3) is 0.355. The summed E-state index contributed by atoms with van der Waals surface area (Å²) >= 11 is 0. The Labute approximate surface area is 225 Å². The fourth-order valence-corrected chi connectivity index (χ4v) is 4.76. The van der Waals surface area contributed by atoms with Gasteiger partial charge in [-0.1, -0.05) is 61.7 Å². The molecule has 0 unspecified atom stereocenters. The molecule has 1 aliphatic carbocycles. The second-order valence-electron chi connectivity index (χ2n) is 9.77. The number of aliphatic imine (C=N–C) groups is 1. The minimum atomic E-state index is -0.522. The van der Waals surface area contributed by atoms with Gasteiger partial charge >= 0.3 is 0 Å². The molecule has 3 aromatic carbocycles. The third kappa shape index (κ3) is 7.51. The number of hydrogen-bond acceptors (Lipinski definition) is 4. The summed E-state index contributed by atoms with van der Waals surface area (Å²) < 4.78 is 11.9. The van der Waals surface area contributed by atoms with Crippen molar-refractivity contribution in [2.75, 3.05) is 24.7 Å². The Balaban J connectivity index is 1.60. The molecule has 4 rings (SSSR count). The Kier molecular flexibility index (Phi) is 9.62. The molecule has 0 aromatic heterocycles. The van der Waals surface area contributed by atoms with Gasteiger partial charge in [-0.2, -0.15) is 0 Å². The number of nitrogens with two attached hydrogens (primary N) is 2. The van der Waals surface area contributed by atoms with Crippen molar-refractivity contribution in [2.45, 2.75) is 45.6 Å². The van der Waals surface area contributed by atoms with Crippen LogP contribution in [-0.2, 0) is 6.54 Å². The second kappa shape index (κ2) is 13.5. The number of primary amides is 1. The zero-order valence-electron chi connectivity index (χ0n) is 22.1. The number of para-hydroxylation sites is 1. The van der Waals surface area contributed by atoms with E-state index >= 15 is 0 Å². The van der Waals surface area contributed by atoms with Crippen molar-refractivity contribution in [3.8, 4) is 11.5 Å². The molecule has 200 valence electrons. The van der Waals surface area contributed by atoms with Gasteiger partial charge in [0.05, 0.1) is 12.2 Å². The quantitative estimate of drug-likeness (QED) is 0.201. The first-order chi connectivity index (χ1) is 18.5.